The standard InChI is InChI=1S/C17H20N4/c1-11(2)17-20-15-10-14(18)4-5-16(15)21(17)12(3)13-6-8-19-9-7-13/h4-12H,18H2,1-3H3. The molecule has 3 rings (SSSR count). The summed E-state index contributed by atoms with van der Waals surface area (Å²) in [5, 5.41) is 0. The van der Waals surface area contributed by atoms with Crippen LogP contribution in [0.3, 0.4) is 0 Å². The molecule has 0 saturated carbocycles. The monoisotopic (exact) mass is 280 g/mol. The third-order valence-corrected chi connectivity index (χ3v) is 3.83. The van der Waals surface area contributed by atoms with Crippen LogP contribution in [-0.4, -0.2) is 14.5 Å². The highest BCUT2D eigenvalue weighted by Gasteiger charge is 2.19. The molecule has 0 aliphatic carbocycles. The summed E-state index contributed by atoms with van der Waals surface area (Å²) < 4.78 is 2.30. The third-order valence-electron chi connectivity index (χ3n) is 3.83. The zero-order chi connectivity index (χ0) is 15.0. The second-order valence-electron chi connectivity index (χ2n) is 5.70. The van der Waals surface area contributed by atoms with Crippen molar-refractivity contribution in [3.05, 3.63) is 54.1 Å². The smallest absolute Gasteiger partial charge is 0.113 e. The van der Waals surface area contributed by atoms with Gasteiger partial charge in [-0.2, -0.15) is 0 Å². The summed E-state index contributed by atoms with van der Waals surface area (Å²) >= 11 is 0. The highest BCUT2D eigenvalue weighted by Crippen LogP contribution is 2.30. The largest absolute Gasteiger partial charge is 0.399 e. The normalized spacial score (nSPS) is 13.0. The van der Waals surface area contributed by atoms with Gasteiger partial charge in [-0.3, -0.25) is 4.98 Å². The zero-order valence-corrected chi connectivity index (χ0v) is 12.6. The molecule has 1 unspecified atom stereocenters. The molecule has 2 N–H and O–H groups in total. The Kier molecular flexibility index (Phi) is 3.37. The third kappa shape index (κ3) is 2.37. The van der Waals surface area contributed by atoms with Crippen LogP contribution in [0.1, 0.15) is 44.1 Å². The van der Waals surface area contributed by atoms with Crippen LogP contribution in [0.15, 0.2) is 42.7 Å². The molecule has 0 spiro atoms. The van der Waals surface area contributed by atoms with Gasteiger partial charge in [0.15, 0.2) is 0 Å². The van der Waals surface area contributed by atoms with Crippen molar-refractivity contribution < 1.29 is 0 Å². The fourth-order valence-corrected chi connectivity index (χ4v) is 2.74. The lowest BCUT2D eigenvalue weighted by Gasteiger charge is -2.19. The molecule has 4 nitrogen and oxygen atoms in total. The summed E-state index contributed by atoms with van der Waals surface area (Å²) in [6.07, 6.45) is 3.66. The summed E-state index contributed by atoms with van der Waals surface area (Å²) in [7, 11) is 0. The number of imidazole rings is 1. The molecule has 0 fully saturated rings. The fraction of sp³-hybridized carbons (Fsp3) is 0.294. The lowest BCUT2D eigenvalue weighted by molar-refractivity contribution is 0.593. The van der Waals surface area contributed by atoms with Crippen LogP contribution >= 0.6 is 0 Å². The van der Waals surface area contributed by atoms with Gasteiger partial charge in [0.05, 0.1) is 17.1 Å². The Bertz CT molecular complexity index is 759. The lowest BCUT2D eigenvalue weighted by Crippen LogP contribution is -2.11. The Morgan fingerprint density at radius 1 is 1.05 bits per heavy atom. The quantitative estimate of drug-likeness (QED) is 0.743. The van der Waals surface area contributed by atoms with E-state index in [9.17, 15) is 0 Å². The van der Waals surface area contributed by atoms with Gasteiger partial charge in [-0.25, -0.2) is 4.98 Å². The van der Waals surface area contributed by atoms with Gasteiger partial charge in [0, 0.05) is 24.0 Å². The van der Waals surface area contributed by atoms with Crippen molar-refractivity contribution in [2.24, 2.45) is 0 Å². The number of anilines is 1. The minimum atomic E-state index is 0.207. The van der Waals surface area contributed by atoms with Gasteiger partial charge in [-0.05, 0) is 42.8 Å². The number of nitrogens with zero attached hydrogens (tertiary/aromatic N) is 3. The Morgan fingerprint density at radius 2 is 1.76 bits per heavy atom. The molecular weight excluding hydrogens is 260 g/mol. The van der Waals surface area contributed by atoms with Crippen LogP contribution in [-0.2, 0) is 0 Å². The van der Waals surface area contributed by atoms with Crippen LogP contribution in [0.5, 0.6) is 0 Å². The summed E-state index contributed by atoms with van der Waals surface area (Å²) in [4.78, 5) is 8.89. The van der Waals surface area contributed by atoms with Gasteiger partial charge in [0.2, 0.25) is 0 Å². The number of benzene rings is 1. The molecule has 2 heterocycles. The Morgan fingerprint density at radius 3 is 2.43 bits per heavy atom. The van der Waals surface area contributed by atoms with Gasteiger partial charge >= 0.3 is 0 Å². The Hall–Kier alpha value is -2.36. The molecule has 1 aromatic carbocycles. The van der Waals surface area contributed by atoms with E-state index < -0.39 is 0 Å². The first-order valence-corrected chi connectivity index (χ1v) is 7.25. The summed E-state index contributed by atoms with van der Waals surface area (Å²) in [5.74, 6) is 1.43. The average molecular weight is 280 g/mol. The maximum atomic E-state index is 5.89. The van der Waals surface area contributed by atoms with E-state index in [0.29, 0.717) is 5.92 Å². The molecule has 0 aliphatic heterocycles. The molecule has 0 saturated heterocycles. The maximum Gasteiger partial charge on any atom is 0.113 e. The number of nitrogens with two attached hydrogens (primary N) is 1. The number of hydrogen-bond donors (Lipinski definition) is 1. The van der Waals surface area contributed by atoms with Crippen molar-refractivity contribution in [2.45, 2.75) is 32.7 Å². The first kappa shape index (κ1) is 13.6. The van der Waals surface area contributed by atoms with Crippen molar-refractivity contribution >= 4 is 16.7 Å². The maximum absolute atomic E-state index is 5.89. The summed E-state index contributed by atoms with van der Waals surface area (Å²) in [6.45, 7) is 6.53. The highest BCUT2D eigenvalue weighted by molar-refractivity contribution is 5.80. The number of pyridine rings is 1. The molecule has 3 aromatic rings. The van der Waals surface area contributed by atoms with Crippen molar-refractivity contribution in [3.63, 3.8) is 0 Å². The number of nitrogen functional groups attached to an aromatic ring is 1. The number of fused-ring (bicyclic) bond motifs is 1. The molecule has 0 radical (unpaired) electrons. The number of aromatic nitrogens is 3. The molecule has 0 bridgehead atoms. The first-order valence-electron chi connectivity index (χ1n) is 7.25. The molecule has 21 heavy (non-hydrogen) atoms. The van der Waals surface area contributed by atoms with Gasteiger partial charge in [-0.15, -0.1) is 0 Å². The minimum Gasteiger partial charge on any atom is -0.399 e. The van der Waals surface area contributed by atoms with E-state index in [-0.39, 0.29) is 6.04 Å². The Labute approximate surface area is 124 Å². The van der Waals surface area contributed by atoms with Gasteiger partial charge in [-0.1, -0.05) is 13.8 Å². The molecule has 1 atom stereocenters. The van der Waals surface area contributed by atoms with E-state index in [1.807, 2.05) is 24.5 Å². The molecule has 4 heteroatoms. The molecule has 108 valence electrons. The van der Waals surface area contributed by atoms with E-state index in [1.54, 1.807) is 0 Å². The lowest BCUT2D eigenvalue weighted by atomic mass is 10.1. The number of rotatable bonds is 3. The molecule has 0 amide bonds. The predicted molar refractivity (Wildman–Crippen MR) is 86.3 cm³/mol. The topological polar surface area (TPSA) is 56.7 Å². The SMILES string of the molecule is CC(C)c1nc2cc(N)ccc2n1C(C)c1ccncc1. The second-order valence-corrected chi connectivity index (χ2v) is 5.70. The summed E-state index contributed by atoms with van der Waals surface area (Å²) in [6, 6.07) is 10.2. The van der Waals surface area contributed by atoms with E-state index in [0.717, 1.165) is 22.5 Å². The van der Waals surface area contributed by atoms with E-state index >= 15 is 0 Å². The van der Waals surface area contributed by atoms with Crippen molar-refractivity contribution in [2.75, 3.05) is 5.73 Å². The summed E-state index contributed by atoms with van der Waals surface area (Å²) in [5.41, 5.74) is 9.94. The van der Waals surface area contributed by atoms with Crippen LogP contribution in [0.2, 0.25) is 0 Å². The van der Waals surface area contributed by atoms with Crippen LogP contribution in [0, 0.1) is 0 Å². The van der Waals surface area contributed by atoms with Crippen molar-refractivity contribution in [3.8, 4) is 0 Å². The average Bonchev–Trinajstić information content (AvgIpc) is 2.86. The predicted octanol–water partition coefficient (Wildman–Crippen LogP) is 3.75. The molecule has 0 aliphatic rings. The minimum absolute atomic E-state index is 0.207. The first-order chi connectivity index (χ1) is 10.1. The number of hydrogen-bond acceptors (Lipinski definition) is 3. The van der Waals surface area contributed by atoms with Gasteiger partial charge < -0.3 is 10.3 Å². The van der Waals surface area contributed by atoms with Crippen molar-refractivity contribution in [1.82, 2.24) is 14.5 Å². The van der Waals surface area contributed by atoms with Crippen LogP contribution < -0.4 is 5.73 Å². The zero-order valence-electron chi connectivity index (χ0n) is 12.6. The van der Waals surface area contributed by atoms with Crippen LogP contribution in [0.4, 0.5) is 5.69 Å². The van der Waals surface area contributed by atoms with E-state index in [2.05, 4.69) is 48.5 Å². The Balaban J connectivity index is 2.22. The fourth-order valence-electron chi connectivity index (χ4n) is 2.74. The van der Waals surface area contributed by atoms with Crippen LogP contribution in [0.25, 0.3) is 11.0 Å². The van der Waals surface area contributed by atoms with Gasteiger partial charge in [0.25, 0.3) is 0 Å². The van der Waals surface area contributed by atoms with Gasteiger partial charge in [0.1, 0.15) is 5.82 Å². The van der Waals surface area contributed by atoms with E-state index in [4.69, 9.17) is 10.7 Å². The highest BCUT2D eigenvalue weighted by atomic mass is 15.1. The molecule has 2 aromatic heterocycles. The van der Waals surface area contributed by atoms with E-state index in [1.165, 1.54) is 5.56 Å². The molecular formula is C17H20N4. The van der Waals surface area contributed by atoms with Crippen molar-refractivity contribution in [1.29, 1.82) is 0 Å². The second kappa shape index (κ2) is 5.20.